The fourth-order valence-electron chi connectivity index (χ4n) is 1.93. The van der Waals surface area contributed by atoms with Crippen molar-refractivity contribution in [2.75, 3.05) is 0 Å². The van der Waals surface area contributed by atoms with E-state index in [9.17, 15) is 4.79 Å². The molecule has 15 heavy (non-hydrogen) atoms. The van der Waals surface area contributed by atoms with Gasteiger partial charge in [0.25, 0.3) is 0 Å². The average Bonchev–Trinajstić information content (AvgIpc) is 2.16. The van der Waals surface area contributed by atoms with E-state index in [0.717, 1.165) is 24.0 Å². The molecule has 1 rings (SSSR count). The lowest BCUT2D eigenvalue weighted by molar-refractivity contribution is -0.146. The topological polar surface area (TPSA) is 26.3 Å². The number of allylic oxidation sites excluding steroid dienone is 1. The van der Waals surface area contributed by atoms with Crippen LogP contribution in [0.15, 0.2) is 11.1 Å². The van der Waals surface area contributed by atoms with Crippen LogP contribution in [0.25, 0.3) is 0 Å². The molecule has 0 N–H and O–H groups in total. The molecule has 1 aliphatic carbocycles. The van der Waals surface area contributed by atoms with Gasteiger partial charge in [0.1, 0.15) is 6.10 Å². The minimum absolute atomic E-state index is 0.130. The quantitative estimate of drug-likeness (QED) is 0.515. The standard InChI is InChI=1S/C13H22O2/c1-9(2)11(4)13(14)15-12-7-5-6-10(3)8-12/h10,12H,5-8H2,1-4H3. The van der Waals surface area contributed by atoms with Crippen LogP contribution in [0.5, 0.6) is 0 Å². The molecule has 0 aromatic carbocycles. The largest absolute Gasteiger partial charge is 0.459 e. The van der Waals surface area contributed by atoms with Crippen LogP contribution < -0.4 is 0 Å². The van der Waals surface area contributed by atoms with Crippen LogP contribution in [0.2, 0.25) is 0 Å². The van der Waals surface area contributed by atoms with E-state index in [2.05, 4.69) is 6.92 Å². The van der Waals surface area contributed by atoms with E-state index in [1.54, 1.807) is 0 Å². The van der Waals surface area contributed by atoms with Gasteiger partial charge in [-0.1, -0.05) is 18.9 Å². The molecule has 0 aromatic heterocycles. The van der Waals surface area contributed by atoms with Crippen LogP contribution in [-0.4, -0.2) is 12.1 Å². The zero-order valence-electron chi connectivity index (χ0n) is 10.3. The van der Waals surface area contributed by atoms with Crippen LogP contribution in [0.4, 0.5) is 0 Å². The second-order valence-electron chi connectivity index (χ2n) is 4.92. The highest BCUT2D eigenvalue weighted by Crippen LogP contribution is 2.26. The maximum atomic E-state index is 11.7. The van der Waals surface area contributed by atoms with Crippen molar-refractivity contribution in [1.29, 1.82) is 0 Å². The van der Waals surface area contributed by atoms with Crippen LogP contribution in [-0.2, 0) is 9.53 Å². The van der Waals surface area contributed by atoms with E-state index in [0.29, 0.717) is 5.92 Å². The van der Waals surface area contributed by atoms with Crippen molar-refractivity contribution in [2.45, 2.75) is 59.5 Å². The summed E-state index contributed by atoms with van der Waals surface area (Å²) >= 11 is 0. The molecule has 2 atom stereocenters. The molecule has 2 nitrogen and oxygen atoms in total. The average molecular weight is 210 g/mol. The molecule has 0 spiro atoms. The van der Waals surface area contributed by atoms with Gasteiger partial charge in [0.15, 0.2) is 0 Å². The van der Waals surface area contributed by atoms with Gasteiger partial charge in [-0.15, -0.1) is 0 Å². The highest BCUT2D eigenvalue weighted by molar-refractivity contribution is 5.88. The Bertz CT molecular complexity index is 262. The maximum Gasteiger partial charge on any atom is 0.333 e. The fraction of sp³-hybridized carbons (Fsp3) is 0.769. The Morgan fingerprint density at radius 3 is 2.40 bits per heavy atom. The van der Waals surface area contributed by atoms with Crippen molar-refractivity contribution in [3.05, 3.63) is 11.1 Å². The first-order valence-corrected chi connectivity index (χ1v) is 5.85. The first kappa shape index (κ1) is 12.3. The summed E-state index contributed by atoms with van der Waals surface area (Å²) in [5.74, 6) is 0.567. The Kier molecular flexibility index (Phi) is 4.37. The molecule has 0 aromatic rings. The van der Waals surface area contributed by atoms with Gasteiger partial charge in [0, 0.05) is 5.57 Å². The highest BCUT2D eigenvalue weighted by Gasteiger charge is 2.22. The zero-order chi connectivity index (χ0) is 11.4. The lowest BCUT2D eigenvalue weighted by Gasteiger charge is -2.26. The van der Waals surface area contributed by atoms with Crippen molar-refractivity contribution in [1.82, 2.24) is 0 Å². The van der Waals surface area contributed by atoms with Crippen molar-refractivity contribution < 1.29 is 9.53 Å². The van der Waals surface area contributed by atoms with Crippen LogP contribution in [0.1, 0.15) is 53.4 Å². The maximum absolute atomic E-state index is 11.7. The third kappa shape index (κ3) is 3.69. The Morgan fingerprint density at radius 1 is 1.20 bits per heavy atom. The molecule has 0 saturated heterocycles. The number of ether oxygens (including phenoxy) is 1. The lowest BCUT2D eigenvalue weighted by atomic mass is 9.89. The van der Waals surface area contributed by atoms with Gasteiger partial charge in [-0.3, -0.25) is 0 Å². The molecule has 1 saturated carbocycles. The van der Waals surface area contributed by atoms with E-state index >= 15 is 0 Å². The summed E-state index contributed by atoms with van der Waals surface area (Å²) in [6.07, 6.45) is 4.67. The molecular weight excluding hydrogens is 188 g/mol. The summed E-state index contributed by atoms with van der Waals surface area (Å²) in [5.41, 5.74) is 1.80. The lowest BCUT2D eigenvalue weighted by Crippen LogP contribution is -2.25. The zero-order valence-corrected chi connectivity index (χ0v) is 10.3. The summed E-state index contributed by atoms with van der Waals surface area (Å²) in [6.45, 7) is 7.96. The highest BCUT2D eigenvalue weighted by atomic mass is 16.5. The van der Waals surface area contributed by atoms with Crippen molar-refractivity contribution in [3.63, 3.8) is 0 Å². The number of carbonyl (C=O) groups excluding carboxylic acids is 1. The summed E-state index contributed by atoms with van der Waals surface area (Å²) in [6, 6.07) is 0. The third-order valence-electron chi connectivity index (χ3n) is 3.22. The molecule has 0 bridgehead atoms. The SMILES string of the molecule is CC(C)=C(C)C(=O)OC1CCCC(C)C1. The molecule has 0 radical (unpaired) electrons. The van der Waals surface area contributed by atoms with Gasteiger partial charge in [-0.05, 0) is 46.0 Å². The predicted octanol–water partition coefficient (Wildman–Crippen LogP) is 3.46. The molecule has 0 amide bonds. The predicted molar refractivity (Wildman–Crippen MR) is 61.6 cm³/mol. The molecule has 0 heterocycles. The second kappa shape index (κ2) is 5.34. The van der Waals surface area contributed by atoms with E-state index in [1.807, 2.05) is 20.8 Å². The van der Waals surface area contributed by atoms with Gasteiger partial charge >= 0.3 is 5.97 Å². The van der Waals surface area contributed by atoms with Crippen LogP contribution >= 0.6 is 0 Å². The molecule has 86 valence electrons. The third-order valence-corrected chi connectivity index (χ3v) is 3.22. The number of hydrogen-bond acceptors (Lipinski definition) is 2. The van der Waals surface area contributed by atoms with E-state index in [1.165, 1.54) is 12.8 Å². The number of carbonyl (C=O) groups is 1. The Hall–Kier alpha value is -0.790. The Labute approximate surface area is 92.7 Å². The number of hydrogen-bond donors (Lipinski definition) is 0. The molecule has 1 aliphatic rings. The number of rotatable bonds is 2. The fourth-order valence-corrected chi connectivity index (χ4v) is 1.93. The summed E-state index contributed by atoms with van der Waals surface area (Å²) < 4.78 is 5.49. The Morgan fingerprint density at radius 2 is 1.87 bits per heavy atom. The molecule has 1 fully saturated rings. The molecule has 2 heteroatoms. The summed E-state index contributed by atoms with van der Waals surface area (Å²) in [5, 5.41) is 0. The van der Waals surface area contributed by atoms with E-state index < -0.39 is 0 Å². The van der Waals surface area contributed by atoms with Gasteiger partial charge in [-0.25, -0.2) is 4.79 Å². The van der Waals surface area contributed by atoms with Gasteiger partial charge in [0.2, 0.25) is 0 Å². The second-order valence-corrected chi connectivity index (χ2v) is 4.92. The number of esters is 1. The van der Waals surface area contributed by atoms with Crippen molar-refractivity contribution in [3.8, 4) is 0 Å². The summed E-state index contributed by atoms with van der Waals surface area (Å²) in [4.78, 5) is 11.7. The normalized spacial score (nSPS) is 25.9. The van der Waals surface area contributed by atoms with E-state index in [-0.39, 0.29) is 12.1 Å². The first-order valence-electron chi connectivity index (χ1n) is 5.85. The molecule has 0 aliphatic heterocycles. The van der Waals surface area contributed by atoms with Crippen molar-refractivity contribution in [2.24, 2.45) is 5.92 Å². The molecule has 2 unspecified atom stereocenters. The van der Waals surface area contributed by atoms with Crippen LogP contribution in [0, 0.1) is 5.92 Å². The van der Waals surface area contributed by atoms with Gasteiger partial charge < -0.3 is 4.74 Å². The minimum atomic E-state index is -0.130. The monoisotopic (exact) mass is 210 g/mol. The first-order chi connectivity index (χ1) is 7.00. The van der Waals surface area contributed by atoms with Crippen LogP contribution in [0.3, 0.4) is 0 Å². The Balaban J connectivity index is 2.48. The van der Waals surface area contributed by atoms with E-state index in [4.69, 9.17) is 4.74 Å². The van der Waals surface area contributed by atoms with Gasteiger partial charge in [-0.2, -0.15) is 0 Å². The van der Waals surface area contributed by atoms with Crippen molar-refractivity contribution >= 4 is 5.97 Å². The molecular formula is C13H22O2. The summed E-state index contributed by atoms with van der Waals surface area (Å²) in [7, 11) is 0. The minimum Gasteiger partial charge on any atom is -0.459 e. The smallest absolute Gasteiger partial charge is 0.333 e. The van der Waals surface area contributed by atoms with Gasteiger partial charge in [0.05, 0.1) is 0 Å².